The van der Waals surface area contributed by atoms with Crippen LogP contribution >= 0.6 is 0 Å². The molecule has 0 aliphatic carbocycles. The Bertz CT molecular complexity index is 417. The molecule has 1 aliphatic rings. The molecule has 1 aliphatic heterocycles. The van der Waals surface area contributed by atoms with Gasteiger partial charge >= 0.3 is 6.09 Å². The van der Waals surface area contributed by atoms with Crippen molar-refractivity contribution in [3.63, 3.8) is 0 Å². The van der Waals surface area contributed by atoms with E-state index in [1.165, 1.54) is 0 Å². The van der Waals surface area contributed by atoms with Crippen LogP contribution in [-0.2, 0) is 4.74 Å². The van der Waals surface area contributed by atoms with Crippen molar-refractivity contribution in [3.05, 3.63) is 29.3 Å². The summed E-state index contributed by atoms with van der Waals surface area (Å²) in [5.41, 5.74) is 8.72. The van der Waals surface area contributed by atoms with E-state index >= 15 is 0 Å². The molecule has 1 atom stereocenters. The molecule has 1 saturated heterocycles. The van der Waals surface area contributed by atoms with Crippen molar-refractivity contribution in [1.82, 2.24) is 0 Å². The number of aryl methyl sites for hydroxylation is 2. The van der Waals surface area contributed by atoms with E-state index in [4.69, 9.17) is 10.5 Å². The van der Waals surface area contributed by atoms with Crippen LogP contribution in [0.3, 0.4) is 0 Å². The fraction of sp³-hybridized carbons (Fsp3) is 0.417. The molecule has 0 aromatic heterocycles. The zero-order valence-electron chi connectivity index (χ0n) is 9.56. The fourth-order valence-electron chi connectivity index (χ4n) is 1.91. The Morgan fingerprint density at radius 2 is 2.25 bits per heavy atom. The highest BCUT2D eigenvalue weighted by molar-refractivity contribution is 5.91. The Morgan fingerprint density at radius 1 is 1.50 bits per heavy atom. The zero-order chi connectivity index (χ0) is 11.7. The molecule has 1 aromatic rings. The van der Waals surface area contributed by atoms with Crippen molar-refractivity contribution in [1.29, 1.82) is 0 Å². The number of nitrogens with two attached hydrogens (primary N) is 1. The van der Waals surface area contributed by atoms with Crippen LogP contribution in [0, 0.1) is 13.8 Å². The van der Waals surface area contributed by atoms with E-state index in [1.54, 1.807) is 4.90 Å². The van der Waals surface area contributed by atoms with Gasteiger partial charge in [-0.15, -0.1) is 0 Å². The third kappa shape index (κ3) is 1.76. The van der Waals surface area contributed by atoms with Gasteiger partial charge in [0.15, 0.2) is 0 Å². The summed E-state index contributed by atoms with van der Waals surface area (Å²) in [4.78, 5) is 13.3. The minimum absolute atomic E-state index is 0.0481. The third-order valence-corrected chi connectivity index (χ3v) is 2.86. The number of rotatable bonds is 2. The van der Waals surface area contributed by atoms with Crippen molar-refractivity contribution in [3.8, 4) is 0 Å². The molecule has 1 fully saturated rings. The van der Waals surface area contributed by atoms with Crippen LogP contribution in [0.1, 0.15) is 11.1 Å². The average Bonchev–Trinajstić information content (AvgIpc) is 2.63. The van der Waals surface area contributed by atoms with E-state index in [1.807, 2.05) is 32.0 Å². The quantitative estimate of drug-likeness (QED) is 0.823. The number of cyclic esters (lactones) is 1. The highest BCUT2D eigenvalue weighted by Crippen LogP contribution is 2.27. The lowest BCUT2D eigenvalue weighted by Gasteiger charge is -2.22. The van der Waals surface area contributed by atoms with Gasteiger partial charge in [-0.2, -0.15) is 0 Å². The summed E-state index contributed by atoms with van der Waals surface area (Å²) in [6, 6.07) is 5.97. The van der Waals surface area contributed by atoms with Crippen LogP contribution in [0.5, 0.6) is 0 Å². The highest BCUT2D eigenvalue weighted by Gasteiger charge is 2.33. The molecule has 0 saturated carbocycles. The first-order chi connectivity index (χ1) is 7.63. The van der Waals surface area contributed by atoms with E-state index < -0.39 is 0 Å². The number of ether oxygens (including phenoxy) is 1. The number of benzene rings is 1. The first kappa shape index (κ1) is 11.0. The third-order valence-electron chi connectivity index (χ3n) is 2.86. The van der Waals surface area contributed by atoms with Gasteiger partial charge in [0, 0.05) is 6.54 Å². The van der Waals surface area contributed by atoms with Crippen molar-refractivity contribution in [2.24, 2.45) is 5.73 Å². The summed E-state index contributed by atoms with van der Waals surface area (Å²) < 4.78 is 5.03. The minimum Gasteiger partial charge on any atom is -0.447 e. The maximum absolute atomic E-state index is 11.7. The Morgan fingerprint density at radius 3 is 2.94 bits per heavy atom. The van der Waals surface area contributed by atoms with E-state index in [-0.39, 0.29) is 12.1 Å². The number of amides is 1. The molecule has 0 spiro atoms. The van der Waals surface area contributed by atoms with Crippen LogP contribution in [0.2, 0.25) is 0 Å². The first-order valence-electron chi connectivity index (χ1n) is 5.37. The molecule has 1 amide bonds. The summed E-state index contributed by atoms with van der Waals surface area (Å²) in [6.07, 6.45) is -0.302. The Hall–Kier alpha value is -1.55. The zero-order valence-corrected chi connectivity index (χ0v) is 9.56. The number of carbonyl (C=O) groups is 1. The molecule has 4 heteroatoms. The summed E-state index contributed by atoms with van der Waals surface area (Å²) in [7, 11) is 0. The van der Waals surface area contributed by atoms with Crippen molar-refractivity contribution >= 4 is 11.8 Å². The van der Waals surface area contributed by atoms with E-state index in [2.05, 4.69) is 0 Å². The van der Waals surface area contributed by atoms with Crippen LogP contribution in [0.4, 0.5) is 10.5 Å². The summed E-state index contributed by atoms with van der Waals surface area (Å²) in [6.45, 7) is 4.78. The van der Waals surface area contributed by atoms with Crippen molar-refractivity contribution < 1.29 is 9.53 Å². The lowest BCUT2D eigenvalue weighted by atomic mass is 10.1. The van der Waals surface area contributed by atoms with Gasteiger partial charge in [-0.25, -0.2) is 4.79 Å². The number of carbonyl (C=O) groups excluding carboxylic acids is 1. The van der Waals surface area contributed by atoms with Crippen LogP contribution in [0.15, 0.2) is 18.2 Å². The monoisotopic (exact) mass is 220 g/mol. The second-order valence-electron chi connectivity index (χ2n) is 4.13. The van der Waals surface area contributed by atoms with Gasteiger partial charge in [0.05, 0.1) is 11.7 Å². The van der Waals surface area contributed by atoms with Crippen molar-refractivity contribution in [2.45, 2.75) is 19.9 Å². The second-order valence-corrected chi connectivity index (χ2v) is 4.13. The lowest BCUT2D eigenvalue weighted by molar-refractivity contribution is 0.179. The average molecular weight is 220 g/mol. The molecule has 1 unspecified atom stereocenters. The molecule has 0 bridgehead atoms. The molecule has 2 rings (SSSR count). The maximum Gasteiger partial charge on any atom is 0.414 e. The smallest absolute Gasteiger partial charge is 0.414 e. The number of anilines is 1. The molecule has 16 heavy (non-hydrogen) atoms. The van der Waals surface area contributed by atoms with Gasteiger partial charge in [-0.05, 0) is 31.0 Å². The van der Waals surface area contributed by atoms with Crippen molar-refractivity contribution in [2.75, 3.05) is 18.1 Å². The maximum atomic E-state index is 11.7. The van der Waals surface area contributed by atoms with E-state index in [0.717, 1.165) is 16.8 Å². The van der Waals surface area contributed by atoms with Gasteiger partial charge in [-0.3, -0.25) is 4.90 Å². The molecular formula is C12H16N2O2. The number of hydrogen-bond donors (Lipinski definition) is 1. The second kappa shape index (κ2) is 4.14. The molecule has 1 heterocycles. The molecule has 2 N–H and O–H groups in total. The lowest BCUT2D eigenvalue weighted by Crippen LogP contribution is -2.39. The fourth-order valence-corrected chi connectivity index (χ4v) is 1.91. The van der Waals surface area contributed by atoms with E-state index in [9.17, 15) is 4.79 Å². The van der Waals surface area contributed by atoms with Crippen LogP contribution in [-0.4, -0.2) is 25.3 Å². The summed E-state index contributed by atoms with van der Waals surface area (Å²) >= 11 is 0. The number of hydrogen-bond acceptors (Lipinski definition) is 3. The highest BCUT2D eigenvalue weighted by atomic mass is 16.6. The first-order valence-corrected chi connectivity index (χ1v) is 5.37. The van der Waals surface area contributed by atoms with Crippen LogP contribution in [0.25, 0.3) is 0 Å². The molecule has 4 nitrogen and oxygen atoms in total. The topological polar surface area (TPSA) is 55.6 Å². The molecule has 1 aromatic carbocycles. The number of nitrogens with zero attached hydrogens (tertiary/aromatic N) is 1. The minimum atomic E-state index is -0.302. The van der Waals surface area contributed by atoms with Crippen LogP contribution < -0.4 is 10.6 Å². The molecular weight excluding hydrogens is 204 g/mol. The van der Waals surface area contributed by atoms with Gasteiger partial charge in [0.1, 0.15) is 6.61 Å². The van der Waals surface area contributed by atoms with Gasteiger partial charge in [0.2, 0.25) is 0 Å². The Labute approximate surface area is 95.0 Å². The predicted octanol–water partition coefficient (Wildman–Crippen LogP) is 1.59. The SMILES string of the molecule is Cc1ccc(C)c(N2C(=O)OCC2CN)c1. The summed E-state index contributed by atoms with van der Waals surface area (Å²) in [5, 5.41) is 0. The van der Waals surface area contributed by atoms with E-state index in [0.29, 0.717) is 13.2 Å². The normalized spacial score (nSPS) is 20.1. The summed E-state index contributed by atoms with van der Waals surface area (Å²) in [5.74, 6) is 0. The largest absolute Gasteiger partial charge is 0.447 e. The standard InChI is InChI=1S/C12H16N2O2/c1-8-3-4-9(2)11(5-8)14-10(6-13)7-16-12(14)15/h3-5,10H,6-7,13H2,1-2H3. The Balaban J connectivity index is 2.41. The van der Waals surface area contributed by atoms with Gasteiger partial charge < -0.3 is 10.5 Å². The van der Waals surface area contributed by atoms with Gasteiger partial charge in [0.25, 0.3) is 0 Å². The molecule has 86 valence electrons. The Kier molecular flexibility index (Phi) is 2.83. The molecule has 0 radical (unpaired) electrons. The predicted molar refractivity (Wildman–Crippen MR) is 62.6 cm³/mol. The van der Waals surface area contributed by atoms with Gasteiger partial charge in [-0.1, -0.05) is 12.1 Å².